The van der Waals surface area contributed by atoms with Gasteiger partial charge >= 0.3 is 6.09 Å². The third kappa shape index (κ3) is 3.07. The molecule has 5 nitrogen and oxygen atoms in total. The average molecular weight is 268 g/mol. The predicted molar refractivity (Wildman–Crippen MR) is 55.5 cm³/mol. The molecule has 0 aromatic heterocycles. The molecule has 0 atom stereocenters. The van der Waals surface area contributed by atoms with E-state index in [1.54, 1.807) is 0 Å². The number of hydrogen-bond acceptors (Lipinski definition) is 4. The lowest BCUT2D eigenvalue weighted by atomic mass is 10.3. The van der Waals surface area contributed by atoms with Gasteiger partial charge in [-0.3, -0.25) is 5.32 Å². The Morgan fingerprint density at radius 2 is 2.12 bits per heavy atom. The molecule has 0 fully saturated rings. The van der Waals surface area contributed by atoms with Crippen molar-refractivity contribution in [2.45, 2.75) is 4.90 Å². The van der Waals surface area contributed by atoms with Gasteiger partial charge in [-0.1, -0.05) is 0 Å². The summed E-state index contributed by atoms with van der Waals surface area (Å²) in [6, 6.07) is 2.84. The second kappa shape index (κ2) is 4.67. The van der Waals surface area contributed by atoms with Crippen molar-refractivity contribution < 1.29 is 22.3 Å². The summed E-state index contributed by atoms with van der Waals surface area (Å²) in [4.78, 5) is 10.4. The van der Waals surface area contributed by atoms with E-state index in [4.69, 9.17) is 10.7 Å². The molecule has 1 aromatic rings. The Balaban J connectivity index is 3.06. The van der Waals surface area contributed by atoms with Crippen molar-refractivity contribution in [3.63, 3.8) is 0 Å². The van der Waals surface area contributed by atoms with E-state index < -0.39 is 21.0 Å². The average Bonchev–Trinajstić information content (AvgIpc) is 2.19. The quantitative estimate of drug-likeness (QED) is 0.831. The molecule has 88 valence electrons. The molecule has 0 bridgehead atoms. The van der Waals surface area contributed by atoms with E-state index in [2.05, 4.69) is 10.1 Å². The summed E-state index contributed by atoms with van der Waals surface area (Å²) < 4.78 is 39.3. The minimum absolute atomic E-state index is 0.198. The Bertz CT molecular complexity index is 517. The normalized spacial score (nSPS) is 10.9. The first-order valence-electron chi connectivity index (χ1n) is 3.94. The third-order valence-electron chi connectivity index (χ3n) is 1.64. The van der Waals surface area contributed by atoms with Gasteiger partial charge in [-0.15, -0.1) is 0 Å². The fourth-order valence-electron chi connectivity index (χ4n) is 0.910. The largest absolute Gasteiger partial charge is 0.453 e. The van der Waals surface area contributed by atoms with Crippen molar-refractivity contribution in [2.75, 3.05) is 12.4 Å². The van der Waals surface area contributed by atoms with Crippen LogP contribution >= 0.6 is 10.7 Å². The highest BCUT2D eigenvalue weighted by atomic mass is 35.7. The van der Waals surface area contributed by atoms with Crippen molar-refractivity contribution in [2.24, 2.45) is 0 Å². The van der Waals surface area contributed by atoms with Crippen molar-refractivity contribution in [1.29, 1.82) is 0 Å². The van der Waals surface area contributed by atoms with Crippen LogP contribution in [0.2, 0.25) is 0 Å². The second-order valence-electron chi connectivity index (χ2n) is 2.70. The molecule has 0 radical (unpaired) electrons. The van der Waals surface area contributed by atoms with Gasteiger partial charge in [-0.2, -0.15) is 0 Å². The number of rotatable bonds is 2. The van der Waals surface area contributed by atoms with Crippen molar-refractivity contribution in [3.8, 4) is 0 Å². The van der Waals surface area contributed by atoms with Gasteiger partial charge in [-0.05, 0) is 18.2 Å². The standard InChI is InChI=1S/C8H7ClFNO4S/c1-15-8(12)11-7-3-2-5(4-6(7)10)16(9,13)14/h2-4H,1H3,(H,11,12). The molecule has 0 heterocycles. The lowest BCUT2D eigenvalue weighted by Crippen LogP contribution is -2.12. The topological polar surface area (TPSA) is 72.5 Å². The van der Waals surface area contributed by atoms with E-state index >= 15 is 0 Å². The summed E-state index contributed by atoms with van der Waals surface area (Å²) in [7, 11) is 2.14. The lowest BCUT2D eigenvalue weighted by Gasteiger charge is -2.05. The number of carbonyl (C=O) groups is 1. The van der Waals surface area contributed by atoms with Crippen LogP contribution in [-0.2, 0) is 13.8 Å². The van der Waals surface area contributed by atoms with Crippen LogP contribution in [0.15, 0.2) is 23.1 Å². The van der Waals surface area contributed by atoms with Crippen LogP contribution in [0.1, 0.15) is 0 Å². The van der Waals surface area contributed by atoms with Crippen molar-refractivity contribution >= 4 is 31.5 Å². The van der Waals surface area contributed by atoms with E-state index in [1.165, 1.54) is 0 Å². The predicted octanol–water partition coefficient (Wildman–Crippen LogP) is 1.93. The van der Waals surface area contributed by atoms with Crippen LogP contribution in [0, 0.1) is 5.82 Å². The summed E-state index contributed by atoms with van der Waals surface area (Å²) in [6.45, 7) is 0. The molecule has 8 heteroatoms. The number of carbonyl (C=O) groups excluding carboxylic acids is 1. The molecule has 16 heavy (non-hydrogen) atoms. The van der Waals surface area contributed by atoms with Crippen LogP contribution in [0.5, 0.6) is 0 Å². The Morgan fingerprint density at radius 1 is 1.50 bits per heavy atom. The lowest BCUT2D eigenvalue weighted by molar-refractivity contribution is 0.187. The van der Waals surface area contributed by atoms with Gasteiger partial charge in [0.2, 0.25) is 0 Å². The smallest absolute Gasteiger partial charge is 0.411 e. The van der Waals surface area contributed by atoms with E-state index in [1.807, 2.05) is 0 Å². The Hall–Kier alpha value is -1.34. The maximum Gasteiger partial charge on any atom is 0.411 e. The number of amides is 1. The Kier molecular flexibility index (Phi) is 3.71. The van der Waals surface area contributed by atoms with Gasteiger partial charge < -0.3 is 4.74 Å². The molecule has 1 aromatic carbocycles. The number of halogens is 2. The second-order valence-corrected chi connectivity index (χ2v) is 5.26. The molecule has 0 unspecified atom stereocenters. The molecule has 0 aliphatic carbocycles. The van der Waals surface area contributed by atoms with Crippen LogP contribution in [0.3, 0.4) is 0 Å². The SMILES string of the molecule is COC(=O)Nc1ccc(S(=O)(=O)Cl)cc1F. The third-order valence-corrected chi connectivity index (χ3v) is 3.00. The number of benzene rings is 1. The molecular formula is C8H7ClFNO4S. The van der Waals surface area contributed by atoms with Gasteiger partial charge in [0, 0.05) is 10.7 Å². The monoisotopic (exact) mass is 267 g/mol. The summed E-state index contributed by atoms with van der Waals surface area (Å²) in [5.74, 6) is -0.924. The van der Waals surface area contributed by atoms with Gasteiger partial charge in [0.25, 0.3) is 9.05 Å². The fourth-order valence-corrected chi connectivity index (χ4v) is 1.67. The number of anilines is 1. The van der Waals surface area contributed by atoms with Gasteiger partial charge in [-0.25, -0.2) is 17.6 Å². The minimum Gasteiger partial charge on any atom is -0.453 e. The highest BCUT2D eigenvalue weighted by molar-refractivity contribution is 8.13. The van der Waals surface area contributed by atoms with Gasteiger partial charge in [0.1, 0.15) is 5.82 Å². The molecule has 0 aliphatic rings. The molecule has 1 rings (SSSR count). The van der Waals surface area contributed by atoms with Gasteiger partial charge in [0.05, 0.1) is 17.7 Å². The Morgan fingerprint density at radius 3 is 2.56 bits per heavy atom. The highest BCUT2D eigenvalue weighted by Gasteiger charge is 2.14. The zero-order valence-electron chi connectivity index (χ0n) is 8.03. The summed E-state index contributed by atoms with van der Waals surface area (Å²) in [6.07, 6.45) is -0.861. The first-order chi connectivity index (χ1) is 7.34. The number of hydrogen-bond donors (Lipinski definition) is 1. The van der Waals surface area contributed by atoms with Crippen molar-refractivity contribution in [3.05, 3.63) is 24.0 Å². The molecule has 0 aliphatic heterocycles. The molecule has 1 N–H and O–H groups in total. The summed E-state index contributed by atoms with van der Waals surface area (Å²) in [5.41, 5.74) is -0.198. The van der Waals surface area contributed by atoms with Crippen LogP contribution in [0.4, 0.5) is 14.9 Å². The molecular weight excluding hydrogens is 261 g/mol. The number of nitrogens with one attached hydrogen (secondary N) is 1. The summed E-state index contributed by atoms with van der Waals surface area (Å²) >= 11 is 0. The van der Waals surface area contributed by atoms with Crippen LogP contribution < -0.4 is 5.32 Å². The maximum absolute atomic E-state index is 13.3. The first kappa shape index (κ1) is 12.7. The van der Waals surface area contributed by atoms with E-state index in [-0.39, 0.29) is 10.6 Å². The van der Waals surface area contributed by atoms with Crippen molar-refractivity contribution in [1.82, 2.24) is 0 Å². The van der Waals surface area contributed by atoms with E-state index in [0.29, 0.717) is 6.07 Å². The fraction of sp³-hybridized carbons (Fsp3) is 0.125. The molecule has 0 saturated carbocycles. The minimum atomic E-state index is -3.99. The van der Waals surface area contributed by atoms with Crippen LogP contribution in [-0.4, -0.2) is 21.6 Å². The molecule has 1 amide bonds. The highest BCUT2D eigenvalue weighted by Crippen LogP contribution is 2.21. The Labute approximate surface area is 95.6 Å². The number of methoxy groups -OCH3 is 1. The van der Waals surface area contributed by atoms with Crippen LogP contribution in [0.25, 0.3) is 0 Å². The first-order valence-corrected chi connectivity index (χ1v) is 6.24. The summed E-state index contributed by atoms with van der Waals surface area (Å²) in [5, 5.41) is 2.06. The molecule has 0 saturated heterocycles. The van der Waals surface area contributed by atoms with E-state index in [9.17, 15) is 17.6 Å². The number of ether oxygens (including phenoxy) is 1. The molecule has 0 spiro atoms. The van der Waals surface area contributed by atoms with E-state index in [0.717, 1.165) is 19.2 Å². The zero-order chi connectivity index (χ0) is 12.3. The maximum atomic E-state index is 13.3. The van der Waals surface area contributed by atoms with Gasteiger partial charge in [0.15, 0.2) is 0 Å². The zero-order valence-corrected chi connectivity index (χ0v) is 9.60.